The van der Waals surface area contributed by atoms with Gasteiger partial charge in [0.15, 0.2) is 0 Å². The van der Waals surface area contributed by atoms with Crippen molar-refractivity contribution in [1.82, 2.24) is 19.9 Å². The van der Waals surface area contributed by atoms with E-state index in [1.807, 2.05) is 13.0 Å². The smallest absolute Gasteiger partial charge is 0.225 e. The van der Waals surface area contributed by atoms with Crippen LogP contribution in [0.4, 0.5) is 11.8 Å². The van der Waals surface area contributed by atoms with E-state index in [4.69, 9.17) is 15.0 Å². The van der Waals surface area contributed by atoms with E-state index in [1.54, 1.807) is 23.7 Å². The normalized spacial score (nSPS) is 16.3. The molecule has 0 saturated heterocycles. The summed E-state index contributed by atoms with van der Waals surface area (Å²) in [7, 11) is 0. The molecule has 7 nitrogen and oxygen atoms in total. The zero-order valence-corrected chi connectivity index (χ0v) is 18.7. The molecule has 1 saturated carbocycles. The fraction of sp³-hybridized carbons (Fsp3) is 0.545. The Balaban J connectivity index is 1.69. The molecule has 0 amide bonds. The lowest BCUT2D eigenvalue weighted by Gasteiger charge is -2.27. The molecule has 3 N–H and O–H groups in total. The van der Waals surface area contributed by atoms with Gasteiger partial charge in [0, 0.05) is 24.9 Å². The van der Waals surface area contributed by atoms with Gasteiger partial charge in [-0.15, -0.1) is 11.3 Å². The van der Waals surface area contributed by atoms with E-state index in [9.17, 15) is 5.11 Å². The predicted octanol–water partition coefficient (Wildman–Crippen LogP) is 4.63. The first kappa shape index (κ1) is 20.9. The average molecular weight is 427 g/mol. The van der Waals surface area contributed by atoms with Crippen LogP contribution in [0.25, 0.3) is 20.8 Å². The number of aliphatic hydroxyl groups excluding tert-OH is 1. The third-order valence-corrected chi connectivity index (χ3v) is 6.89. The molecule has 1 fully saturated rings. The number of rotatable bonds is 9. The summed E-state index contributed by atoms with van der Waals surface area (Å²) in [4.78, 5) is 18.6. The molecule has 30 heavy (non-hydrogen) atoms. The molecule has 2 atom stereocenters. The second-order valence-electron chi connectivity index (χ2n) is 8.23. The maximum atomic E-state index is 9.60. The van der Waals surface area contributed by atoms with E-state index in [0.717, 1.165) is 45.1 Å². The molecular formula is C22H30N6OS. The van der Waals surface area contributed by atoms with Crippen LogP contribution in [0.2, 0.25) is 0 Å². The lowest BCUT2D eigenvalue weighted by molar-refractivity contribution is 0.211. The lowest BCUT2D eigenvalue weighted by Crippen LogP contribution is -2.29. The van der Waals surface area contributed by atoms with Crippen LogP contribution in [-0.2, 0) is 0 Å². The summed E-state index contributed by atoms with van der Waals surface area (Å²) in [6.45, 7) is 6.48. The van der Waals surface area contributed by atoms with Crippen molar-refractivity contribution in [2.24, 2.45) is 5.92 Å². The Kier molecular flexibility index (Phi) is 6.43. The first-order valence-electron chi connectivity index (χ1n) is 10.8. The highest BCUT2D eigenvalue weighted by Gasteiger charge is 2.23. The molecule has 8 heteroatoms. The van der Waals surface area contributed by atoms with Crippen molar-refractivity contribution in [2.45, 2.75) is 65.0 Å². The van der Waals surface area contributed by atoms with Crippen LogP contribution in [0.1, 0.15) is 51.6 Å². The van der Waals surface area contributed by atoms with Crippen LogP contribution in [0.5, 0.6) is 0 Å². The fourth-order valence-corrected chi connectivity index (χ4v) is 4.81. The molecule has 1 aliphatic carbocycles. The van der Waals surface area contributed by atoms with Gasteiger partial charge < -0.3 is 15.7 Å². The molecule has 0 radical (unpaired) electrons. The summed E-state index contributed by atoms with van der Waals surface area (Å²) < 4.78 is 1.10. The van der Waals surface area contributed by atoms with Gasteiger partial charge in [0.2, 0.25) is 5.95 Å². The fourth-order valence-electron chi connectivity index (χ4n) is 3.78. The predicted molar refractivity (Wildman–Crippen MR) is 123 cm³/mol. The highest BCUT2D eigenvalue weighted by atomic mass is 32.1. The zero-order valence-electron chi connectivity index (χ0n) is 17.9. The van der Waals surface area contributed by atoms with E-state index >= 15 is 0 Å². The number of pyridine rings is 1. The van der Waals surface area contributed by atoms with Crippen LogP contribution >= 0.6 is 11.3 Å². The molecule has 0 aromatic carbocycles. The van der Waals surface area contributed by atoms with E-state index in [-0.39, 0.29) is 18.6 Å². The molecule has 0 bridgehead atoms. The largest absolute Gasteiger partial charge is 0.396 e. The molecule has 3 heterocycles. The Labute approximate surface area is 181 Å². The van der Waals surface area contributed by atoms with Crippen molar-refractivity contribution >= 4 is 33.3 Å². The highest BCUT2D eigenvalue weighted by molar-refractivity contribution is 7.21. The summed E-state index contributed by atoms with van der Waals surface area (Å²) in [5, 5.41) is 17.6. The van der Waals surface area contributed by atoms with Crippen LogP contribution in [0.15, 0.2) is 18.5 Å². The molecule has 3 aromatic rings. The number of nitrogens with zero attached hydrogens (tertiary/aromatic N) is 4. The molecular weight excluding hydrogens is 396 g/mol. The Morgan fingerprint density at radius 2 is 2.10 bits per heavy atom. The van der Waals surface area contributed by atoms with Gasteiger partial charge in [-0.05, 0) is 51.5 Å². The number of nitrogens with one attached hydrogen (secondary N) is 2. The number of anilines is 2. The van der Waals surface area contributed by atoms with Crippen molar-refractivity contribution in [3.8, 4) is 10.6 Å². The monoisotopic (exact) mass is 426 g/mol. The van der Waals surface area contributed by atoms with Crippen LogP contribution < -0.4 is 10.6 Å². The summed E-state index contributed by atoms with van der Waals surface area (Å²) in [5.41, 5.74) is 2.74. The minimum absolute atomic E-state index is 0.169. The lowest BCUT2D eigenvalue weighted by atomic mass is 9.93. The second-order valence-corrected chi connectivity index (χ2v) is 9.26. The highest BCUT2D eigenvalue weighted by Crippen LogP contribution is 2.36. The topological polar surface area (TPSA) is 95.8 Å². The number of hydrogen-bond donors (Lipinski definition) is 3. The van der Waals surface area contributed by atoms with Gasteiger partial charge in [-0.3, -0.25) is 4.98 Å². The number of aromatic nitrogens is 4. The summed E-state index contributed by atoms with van der Waals surface area (Å²) in [6.07, 6.45) is 9.02. The SMILES string of the molecule is CCC(CO)CC(C)Nc1nc(NC2CCC2)nc(C)c1-c1nc2cnccc2s1. The van der Waals surface area contributed by atoms with Crippen molar-refractivity contribution in [1.29, 1.82) is 0 Å². The number of aliphatic hydroxyl groups is 1. The maximum absolute atomic E-state index is 9.60. The Bertz CT molecular complexity index is 965. The third kappa shape index (κ3) is 4.54. The summed E-state index contributed by atoms with van der Waals surface area (Å²) in [6, 6.07) is 2.62. The quantitative estimate of drug-likeness (QED) is 0.459. The van der Waals surface area contributed by atoms with Gasteiger partial charge in [0.05, 0.1) is 22.2 Å². The van der Waals surface area contributed by atoms with Gasteiger partial charge in [0.25, 0.3) is 0 Å². The van der Waals surface area contributed by atoms with Crippen molar-refractivity contribution in [2.75, 3.05) is 17.2 Å². The minimum Gasteiger partial charge on any atom is -0.396 e. The van der Waals surface area contributed by atoms with Gasteiger partial charge in [-0.2, -0.15) is 4.98 Å². The number of thiazole rings is 1. The van der Waals surface area contributed by atoms with Crippen molar-refractivity contribution < 1.29 is 5.11 Å². The minimum atomic E-state index is 0.169. The Morgan fingerprint density at radius 3 is 2.77 bits per heavy atom. The van der Waals surface area contributed by atoms with Crippen LogP contribution in [0, 0.1) is 12.8 Å². The van der Waals surface area contributed by atoms with Gasteiger partial charge >= 0.3 is 0 Å². The van der Waals surface area contributed by atoms with Gasteiger partial charge in [-0.1, -0.05) is 13.3 Å². The first-order valence-corrected chi connectivity index (χ1v) is 11.6. The molecule has 4 rings (SSSR count). The van der Waals surface area contributed by atoms with Crippen molar-refractivity contribution in [3.05, 3.63) is 24.2 Å². The molecule has 2 unspecified atom stereocenters. The third-order valence-electron chi connectivity index (χ3n) is 5.84. The zero-order chi connectivity index (χ0) is 21.1. The van der Waals surface area contributed by atoms with Crippen molar-refractivity contribution in [3.63, 3.8) is 0 Å². The summed E-state index contributed by atoms with van der Waals surface area (Å²) in [5.74, 6) is 1.75. The molecule has 3 aromatic heterocycles. The van der Waals surface area contributed by atoms with Crippen LogP contribution in [-0.4, -0.2) is 43.7 Å². The van der Waals surface area contributed by atoms with E-state index in [1.165, 1.54) is 19.3 Å². The van der Waals surface area contributed by atoms with E-state index in [2.05, 4.69) is 29.5 Å². The molecule has 160 valence electrons. The van der Waals surface area contributed by atoms with E-state index < -0.39 is 0 Å². The summed E-state index contributed by atoms with van der Waals surface area (Å²) >= 11 is 1.63. The molecule has 0 aliphatic heterocycles. The molecule has 0 spiro atoms. The molecule has 1 aliphatic rings. The van der Waals surface area contributed by atoms with E-state index in [0.29, 0.717) is 12.0 Å². The second kappa shape index (κ2) is 9.22. The average Bonchev–Trinajstić information content (AvgIpc) is 3.12. The van der Waals surface area contributed by atoms with Gasteiger partial charge in [-0.25, -0.2) is 9.97 Å². The Morgan fingerprint density at radius 1 is 1.27 bits per heavy atom. The Hall–Kier alpha value is -2.32. The number of fused-ring (bicyclic) bond motifs is 1. The van der Waals surface area contributed by atoms with Crippen LogP contribution in [0.3, 0.4) is 0 Å². The maximum Gasteiger partial charge on any atom is 0.225 e. The van der Waals surface area contributed by atoms with Gasteiger partial charge in [0.1, 0.15) is 16.3 Å². The standard InChI is InChI=1S/C22H30N6OS/c1-4-15(12-29)10-13(2)24-20-19(21-27-17-11-23-9-8-18(17)30-21)14(3)25-22(28-20)26-16-6-5-7-16/h8-9,11,13,15-16,29H,4-7,10,12H2,1-3H3,(H2,24,25,26,28). The first-order chi connectivity index (χ1) is 14.6. The number of hydrogen-bond acceptors (Lipinski definition) is 8. The number of aryl methyl sites for hydroxylation is 1.